The summed E-state index contributed by atoms with van der Waals surface area (Å²) in [6.07, 6.45) is 1.55. The van der Waals surface area contributed by atoms with E-state index in [-0.39, 0.29) is 5.75 Å². The van der Waals surface area contributed by atoms with E-state index < -0.39 is 9.84 Å². The molecule has 0 fully saturated rings. The molecule has 70 valence electrons. The Morgan fingerprint density at radius 1 is 1.38 bits per heavy atom. The van der Waals surface area contributed by atoms with Gasteiger partial charge in [-0.15, -0.1) is 0 Å². The van der Waals surface area contributed by atoms with E-state index in [2.05, 4.69) is 4.98 Å². The van der Waals surface area contributed by atoms with Crippen LogP contribution in [0.1, 0.15) is 12.0 Å². The van der Waals surface area contributed by atoms with Gasteiger partial charge in [-0.25, -0.2) is 13.4 Å². The number of hydrogen-bond acceptors (Lipinski definition) is 3. The summed E-state index contributed by atoms with van der Waals surface area (Å²) >= 11 is 2.03. The van der Waals surface area contributed by atoms with Crippen molar-refractivity contribution in [3.8, 4) is 0 Å². The predicted molar refractivity (Wildman–Crippen MR) is 57.3 cm³/mol. The lowest BCUT2D eigenvalue weighted by atomic mass is 10.2. The zero-order chi connectivity index (χ0) is 9.47. The van der Waals surface area contributed by atoms with E-state index in [1.54, 1.807) is 0 Å². The van der Waals surface area contributed by atoms with Gasteiger partial charge in [0.25, 0.3) is 0 Å². The van der Waals surface area contributed by atoms with Gasteiger partial charge in [0.2, 0.25) is 0 Å². The minimum absolute atomic E-state index is 0.243. The molecule has 1 aliphatic rings. The Kier molecular flexibility index (Phi) is 2.31. The quantitative estimate of drug-likeness (QED) is 0.538. The molecule has 0 saturated carbocycles. The average Bonchev–Trinajstić information content (AvgIpc) is 2.06. The summed E-state index contributed by atoms with van der Waals surface area (Å²) in [5.74, 6) is 0.243. The third kappa shape index (κ3) is 1.71. The maximum absolute atomic E-state index is 11.6. The molecule has 2 rings (SSSR count). The van der Waals surface area contributed by atoms with Gasteiger partial charge in [0.1, 0.15) is 3.70 Å². The lowest BCUT2D eigenvalue weighted by molar-refractivity contribution is 0.580. The van der Waals surface area contributed by atoms with Crippen molar-refractivity contribution in [2.45, 2.75) is 17.9 Å². The number of aryl methyl sites for hydroxylation is 1. The number of pyridine rings is 1. The second-order valence-corrected chi connectivity index (χ2v) is 6.15. The van der Waals surface area contributed by atoms with Gasteiger partial charge in [0.15, 0.2) is 14.9 Å². The van der Waals surface area contributed by atoms with E-state index in [4.69, 9.17) is 0 Å². The molecule has 0 N–H and O–H groups in total. The lowest BCUT2D eigenvalue weighted by Gasteiger charge is -2.14. The number of sulfone groups is 1. The molecule has 0 unspecified atom stereocenters. The molecule has 3 nitrogen and oxygen atoms in total. The monoisotopic (exact) mass is 309 g/mol. The van der Waals surface area contributed by atoms with Crippen LogP contribution in [0.2, 0.25) is 0 Å². The second kappa shape index (κ2) is 3.20. The van der Waals surface area contributed by atoms with Gasteiger partial charge in [-0.1, -0.05) is 6.07 Å². The Bertz CT molecular complexity index is 441. The summed E-state index contributed by atoms with van der Waals surface area (Å²) in [6.45, 7) is 0. The fourth-order valence-corrected chi connectivity index (χ4v) is 3.57. The highest BCUT2D eigenvalue weighted by atomic mass is 127. The van der Waals surface area contributed by atoms with Crippen molar-refractivity contribution in [2.75, 3.05) is 5.75 Å². The van der Waals surface area contributed by atoms with Gasteiger partial charge >= 0.3 is 0 Å². The molecule has 0 atom stereocenters. The first kappa shape index (κ1) is 9.39. The van der Waals surface area contributed by atoms with E-state index >= 15 is 0 Å². The van der Waals surface area contributed by atoms with Crippen LogP contribution < -0.4 is 0 Å². The van der Waals surface area contributed by atoms with Gasteiger partial charge < -0.3 is 0 Å². The molecule has 2 heterocycles. The van der Waals surface area contributed by atoms with Crippen molar-refractivity contribution in [1.29, 1.82) is 0 Å². The second-order valence-electron chi connectivity index (χ2n) is 3.02. The van der Waals surface area contributed by atoms with Crippen molar-refractivity contribution in [2.24, 2.45) is 0 Å². The highest BCUT2D eigenvalue weighted by Crippen LogP contribution is 2.23. The van der Waals surface area contributed by atoms with E-state index in [0.29, 0.717) is 5.03 Å². The first-order valence-corrected chi connectivity index (χ1v) is 6.71. The molecule has 13 heavy (non-hydrogen) atoms. The zero-order valence-corrected chi connectivity index (χ0v) is 9.80. The summed E-state index contributed by atoms with van der Waals surface area (Å²) in [4.78, 5) is 4.07. The van der Waals surface area contributed by atoms with Crippen molar-refractivity contribution in [3.05, 3.63) is 21.4 Å². The summed E-state index contributed by atoms with van der Waals surface area (Å²) < 4.78 is 23.9. The highest BCUT2D eigenvalue weighted by molar-refractivity contribution is 14.1. The molecule has 0 amide bonds. The SMILES string of the molecule is O=S1(=O)CCCc2ccc(I)nc21. The molecule has 0 bridgehead atoms. The van der Waals surface area contributed by atoms with Crippen LogP contribution in [0.3, 0.4) is 0 Å². The number of hydrogen-bond donors (Lipinski definition) is 0. The number of nitrogens with zero attached hydrogens (tertiary/aromatic N) is 1. The van der Waals surface area contributed by atoms with E-state index in [1.807, 2.05) is 34.7 Å². The van der Waals surface area contributed by atoms with Crippen LogP contribution >= 0.6 is 22.6 Å². The molecular formula is C8H8INO2S. The number of rotatable bonds is 0. The molecule has 0 radical (unpaired) electrons. The predicted octanol–water partition coefficient (Wildman–Crippen LogP) is 1.41. The molecule has 0 aliphatic carbocycles. The molecule has 1 aliphatic heterocycles. The van der Waals surface area contributed by atoms with Crippen molar-refractivity contribution in [1.82, 2.24) is 4.98 Å². The van der Waals surface area contributed by atoms with Crippen LogP contribution in [-0.2, 0) is 16.3 Å². The van der Waals surface area contributed by atoms with Crippen LogP contribution in [0.4, 0.5) is 0 Å². The number of aromatic nitrogens is 1. The minimum Gasteiger partial charge on any atom is -0.230 e. The Hall–Kier alpha value is -0.170. The maximum Gasteiger partial charge on any atom is 0.195 e. The maximum atomic E-state index is 11.6. The van der Waals surface area contributed by atoms with Gasteiger partial charge in [0.05, 0.1) is 5.75 Å². The van der Waals surface area contributed by atoms with Crippen molar-refractivity contribution >= 4 is 32.4 Å². The summed E-state index contributed by atoms with van der Waals surface area (Å²) in [5.41, 5.74) is 0.867. The van der Waals surface area contributed by atoms with Crippen LogP contribution in [0.25, 0.3) is 0 Å². The zero-order valence-electron chi connectivity index (χ0n) is 6.83. The van der Waals surface area contributed by atoms with Crippen LogP contribution in [0.5, 0.6) is 0 Å². The fraction of sp³-hybridized carbons (Fsp3) is 0.375. The van der Waals surface area contributed by atoms with E-state index in [1.165, 1.54) is 0 Å². The Morgan fingerprint density at radius 3 is 2.92 bits per heavy atom. The fourth-order valence-electron chi connectivity index (χ4n) is 1.46. The van der Waals surface area contributed by atoms with Crippen molar-refractivity contribution < 1.29 is 8.42 Å². The number of halogens is 1. The Balaban J connectivity index is 2.68. The van der Waals surface area contributed by atoms with Crippen LogP contribution in [0, 0.1) is 3.70 Å². The molecule has 0 spiro atoms. The standard InChI is InChI=1S/C8H8INO2S/c9-7-4-3-6-2-1-5-13(11,12)8(6)10-7/h3-4H,1-2,5H2. The van der Waals surface area contributed by atoms with Crippen LogP contribution in [-0.4, -0.2) is 19.2 Å². The Morgan fingerprint density at radius 2 is 2.15 bits per heavy atom. The summed E-state index contributed by atoms with van der Waals surface area (Å²) in [7, 11) is -3.08. The summed E-state index contributed by atoms with van der Waals surface area (Å²) in [6, 6.07) is 3.71. The third-order valence-corrected chi connectivity index (χ3v) is 4.43. The Labute approximate surface area is 90.6 Å². The smallest absolute Gasteiger partial charge is 0.195 e. The largest absolute Gasteiger partial charge is 0.230 e. The van der Waals surface area contributed by atoms with Gasteiger partial charge in [0, 0.05) is 0 Å². The molecular weight excluding hydrogens is 301 g/mol. The first-order chi connectivity index (χ1) is 6.09. The van der Waals surface area contributed by atoms with Crippen LogP contribution in [0.15, 0.2) is 17.2 Å². The van der Waals surface area contributed by atoms with Crippen molar-refractivity contribution in [3.63, 3.8) is 0 Å². The third-order valence-electron chi connectivity index (χ3n) is 2.06. The topological polar surface area (TPSA) is 47.0 Å². The van der Waals surface area contributed by atoms with Gasteiger partial charge in [-0.05, 0) is 47.1 Å². The van der Waals surface area contributed by atoms with Gasteiger partial charge in [-0.3, -0.25) is 0 Å². The normalized spacial score (nSPS) is 19.5. The summed E-state index contributed by atoms with van der Waals surface area (Å²) in [5, 5.41) is 0.297. The molecule has 0 saturated heterocycles. The first-order valence-electron chi connectivity index (χ1n) is 3.98. The average molecular weight is 309 g/mol. The molecule has 5 heteroatoms. The highest BCUT2D eigenvalue weighted by Gasteiger charge is 2.24. The number of fused-ring (bicyclic) bond motifs is 1. The molecule has 1 aromatic heterocycles. The van der Waals surface area contributed by atoms with E-state index in [9.17, 15) is 8.42 Å². The van der Waals surface area contributed by atoms with E-state index in [0.717, 1.165) is 22.1 Å². The minimum atomic E-state index is -3.08. The molecule has 0 aromatic carbocycles. The lowest BCUT2D eigenvalue weighted by Crippen LogP contribution is -2.18. The molecule has 1 aromatic rings. The van der Waals surface area contributed by atoms with Gasteiger partial charge in [-0.2, -0.15) is 0 Å².